The molecule has 3 N–H and O–H groups in total. The van der Waals surface area contributed by atoms with Gasteiger partial charge in [0, 0.05) is 36.9 Å². The fourth-order valence-electron chi connectivity index (χ4n) is 2.19. The summed E-state index contributed by atoms with van der Waals surface area (Å²) in [5.74, 6) is 1.37. The van der Waals surface area contributed by atoms with Gasteiger partial charge in [-0.05, 0) is 13.3 Å². The van der Waals surface area contributed by atoms with Crippen LogP contribution in [0, 0.1) is 0 Å². The number of thiazole rings is 1. The summed E-state index contributed by atoms with van der Waals surface area (Å²) in [4.78, 5) is 20.4. The van der Waals surface area contributed by atoms with Crippen molar-refractivity contribution in [2.45, 2.75) is 52.1 Å². The number of piperidine rings is 1. The third-order valence-electron chi connectivity index (χ3n) is 3.41. The minimum absolute atomic E-state index is 0. The lowest BCUT2D eigenvalue weighted by molar-refractivity contribution is -0.122. The molecule has 0 radical (unpaired) electrons. The quantitative estimate of drug-likeness (QED) is 0.365. The van der Waals surface area contributed by atoms with E-state index < -0.39 is 0 Å². The van der Waals surface area contributed by atoms with Gasteiger partial charge in [0.15, 0.2) is 5.96 Å². The number of carbonyl (C=O) groups is 1. The summed E-state index contributed by atoms with van der Waals surface area (Å²) >= 11 is 1.69. The maximum absolute atomic E-state index is 11.2. The molecular formula is C15H26IN5OS. The Morgan fingerprint density at radius 3 is 2.91 bits per heavy atom. The van der Waals surface area contributed by atoms with Crippen LogP contribution in [0.15, 0.2) is 10.4 Å². The number of nitrogens with one attached hydrogen (secondary N) is 3. The van der Waals surface area contributed by atoms with Crippen LogP contribution in [0.5, 0.6) is 0 Å². The van der Waals surface area contributed by atoms with Crippen molar-refractivity contribution in [3.05, 3.63) is 16.1 Å². The van der Waals surface area contributed by atoms with Crippen molar-refractivity contribution in [1.82, 2.24) is 20.9 Å². The highest BCUT2D eigenvalue weighted by Gasteiger charge is 2.18. The van der Waals surface area contributed by atoms with Gasteiger partial charge < -0.3 is 16.0 Å². The van der Waals surface area contributed by atoms with E-state index in [1.807, 2.05) is 6.92 Å². The first kappa shape index (κ1) is 20.1. The summed E-state index contributed by atoms with van der Waals surface area (Å²) in [6.45, 7) is 8.36. The molecule has 1 aliphatic heterocycles. The fourth-order valence-corrected chi connectivity index (χ4v) is 3.02. The Bertz CT molecular complexity index is 522. The van der Waals surface area contributed by atoms with E-state index in [1.54, 1.807) is 11.3 Å². The van der Waals surface area contributed by atoms with Crippen LogP contribution in [0.3, 0.4) is 0 Å². The van der Waals surface area contributed by atoms with Gasteiger partial charge in [-0.2, -0.15) is 0 Å². The number of guanidine groups is 1. The smallest absolute Gasteiger partial charge is 0.220 e. The second-order valence-electron chi connectivity index (χ2n) is 5.71. The second kappa shape index (κ2) is 10.1. The molecule has 0 aromatic carbocycles. The molecule has 1 amide bonds. The van der Waals surface area contributed by atoms with Crippen LogP contribution in [0.25, 0.3) is 0 Å². The molecule has 0 saturated carbocycles. The van der Waals surface area contributed by atoms with Gasteiger partial charge in [0.1, 0.15) is 0 Å². The Hall–Kier alpha value is -0.900. The molecule has 0 aliphatic carbocycles. The number of aromatic nitrogens is 1. The normalized spacial score (nSPS) is 18.3. The maximum Gasteiger partial charge on any atom is 0.220 e. The van der Waals surface area contributed by atoms with Crippen LogP contribution in [0.2, 0.25) is 0 Å². The highest BCUT2D eigenvalue weighted by atomic mass is 127. The average Bonchev–Trinajstić information content (AvgIpc) is 2.96. The standard InChI is InChI=1S/C15H25N5OS.HI/c1-4-16-15(20-11-5-6-13(21)17-7-11)18-8-12-9-22-14(19-12)10(2)3;/h9-11H,4-8H2,1-3H3,(H,17,21)(H2,16,18,20);1H. The molecule has 1 aromatic rings. The SMILES string of the molecule is CCNC(=NCc1csc(C(C)C)n1)NC1CCC(=O)NC1.I. The molecule has 23 heavy (non-hydrogen) atoms. The van der Waals surface area contributed by atoms with Gasteiger partial charge in [0.25, 0.3) is 0 Å². The number of hydrogen-bond donors (Lipinski definition) is 3. The van der Waals surface area contributed by atoms with Gasteiger partial charge in [-0.15, -0.1) is 35.3 Å². The first-order valence-electron chi connectivity index (χ1n) is 7.84. The lowest BCUT2D eigenvalue weighted by Gasteiger charge is -2.25. The van der Waals surface area contributed by atoms with E-state index in [1.165, 1.54) is 0 Å². The summed E-state index contributed by atoms with van der Waals surface area (Å²) < 4.78 is 0. The second-order valence-corrected chi connectivity index (χ2v) is 6.60. The summed E-state index contributed by atoms with van der Waals surface area (Å²) in [5, 5.41) is 12.7. The molecule has 2 rings (SSSR count). The van der Waals surface area contributed by atoms with Crippen LogP contribution < -0.4 is 16.0 Å². The highest BCUT2D eigenvalue weighted by Crippen LogP contribution is 2.19. The van der Waals surface area contributed by atoms with Crippen molar-refractivity contribution in [3.8, 4) is 0 Å². The molecule has 8 heteroatoms. The van der Waals surface area contributed by atoms with Gasteiger partial charge in [0.2, 0.25) is 5.91 Å². The fraction of sp³-hybridized carbons (Fsp3) is 0.667. The number of halogens is 1. The lowest BCUT2D eigenvalue weighted by atomic mass is 10.1. The van der Waals surface area contributed by atoms with E-state index >= 15 is 0 Å². The van der Waals surface area contributed by atoms with Crippen LogP contribution in [0.4, 0.5) is 0 Å². The molecule has 6 nitrogen and oxygen atoms in total. The minimum atomic E-state index is 0. The summed E-state index contributed by atoms with van der Waals surface area (Å²) in [5.41, 5.74) is 1.00. The molecular weight excluding hydrogens is 425 g/mol. The topological polar surface area (TPSA) is 78.4 Å². The lowest BCUT2D eigenvalue weighted by Crippen LogP contribution is -2.51. The molecule has 1 unspecified atom stereocenters. The van der Waals surface area contributed by atoms with Crippen molar-refractivity contribution in [3.63, 3.8) is 0 Å². The van der Waals surface area contributed by atoms with E-state index in [9.17, 15) is 4.79 Å². The molecule has 1 aliphatic rings. The van der Waals surface area contributed by atoms with Crippen LogP contribution in [-0.4, -0.2) is 36.0 Å². The number of nitrogens with zero attached hydrogens (tertiary/aromatic N) is 2. The molecule has 1 saturated heterocycles. The van der Waals surface area contributed by atoms with Gasteiger partial charge in [-0.3, -0.25) is 4.79 Å². The average molecular weight is 451 g/mol. The Morgan fingerprint density at radius 2 is 2.35 bits per heavy atom. The summed E-state index contributed by atoms with van der Waals surface area (Å²) in [6, 6.07) is 0.233. The largest absolute Gasteiger partial charge is 0.357 e. The number of aliphatic imine (C=N–C) groups is 1. The van der Waals surface area contributed by atoms with Crippen molar-refractivity contribution in [2.75, 3.05) is 13.1 Å². The monoisotopic (exact) mass is 451 g/mol. The Labute approximate surface area is 159 Å². The Balaban J connectivity index is 0.00000264. The van der Waals surface area contributed by atoms with Gasteiger partial charge >= 0.3 is 0 Å². The molecule has 2 heterocycles. The molecule has 1 aromatic heterocycles. The Morgan fingerprint density at radius 1 is 1.57 bits per heavy atom. The van der Waals surface area contributed by atoms with E-state index in [2.05, 4.69) is 45.2 Å². The molecule has 1 fully saturated rings. The van der Waals surface area contributed by atoms with Crippen molar-refractivity contribution >= 4 is 47.2 Å². The Kier molecular flexibility index (Phi) is 8.82. The van der Waals surface area contributed by atoms with Gasteiger partial charge in [-0.25, -0.2) is 9.98 Å². The van der Waals surface area contributed by atoms with Crippen LogP contribution in [0.1, 0.15) is 50.2 Å². The van der Waals surface area contributed by atoms with E-state index in [0.717, 1.165) is 29.6 Å². The van der Waals surface area contributed by atoms with Crippen molar-refractivity contribution in [1.29, 1.82) is 0 Å². The first-order valence-corrected chi connectivity index (χ1v) is 8.72. The van der Waals surface area contributed by atoms with Crippen molar-refractivity contribution < 1.29 is 4.79 Å². The minimum Gasteiger partial charge on any atom is -0.357 e. The van der Waals surface area contributed by atoms with E-state index in [-0.39, 0.29) is 35.9 Å². The number of carbonyl (C=O) groups excluding carboxylic acids is 1. The number of amides is 1. The third-order valence-corrected chi connectivity index (χ3v) is 4.61. The zero-order chi connectivity index (χ0) is 15.9. The molecule has 1 atom stereocenters. The van der Waals surface area contributed by atoms with Crippen LogP contribution >= 0.6 is 35.3 Å². The number of rotatable bonds is 5. The van der Waals surface area contributed by atoms with Gasteiger partial charge in [-0.1, -0.05) is 13.8 Å². The molecule has 0 spiro atoms. The summed E-state index contributed by atoms with van der Waals surface area (Å²) in [6.07, 6.45) is 1.41. The van der Waals surface area contributed by atoms with Gasteiger partial charge in [0.05, 0.1) is 17.2 Å². The van der Waals surface area contributed by atoms with Crippen LogP contribution in [-0.2, 0) is 11.3 Å². The predicted molar refractivity (Wildman–Crippen MR) is 106 cm³/mol. The predicted octanol–water partition coefficient (Wildman–Crippen LogP) is 2.22. The molecule has 130 valence electrons. The zero-order valence-corrected chi connectivity index (χ0v) is 17.0. The first-order chi connectivity index (χ1) is 10.6. The third kappa shape index (κ3) is 6.62. The zero-order valence-electron chi connectivity index (χ0n) is 13.9. The maximum atomic E-state index is 11.2. The van der Waals surface area contributed by atoms with E-state index in [4.69, 9.17) is 0 Å². The van der Waals surface area contributed by atoms with E-state index in [0.29, 0.717) is 25.4 Å². The molecule has 0 bridgehead atoms. The summed E-state index contributed by atoms with van der Waals surface area (Å²) in [7, 11) is 0. The highest BCUT2D eigenvalue weighted by molar-refractivity contribution is 14.0. The van der Waals surface area contributed by atoms with Crippen molar-refractivity contribution in [2.24, 2.45) is 4.99 Å². The number of hydrogen-bond acceptors (Lipinski definition) is 4.